The Labute approximate surface area is 163 Å². The second-order valence-corrected chi connectivity index (χ2v) is 7.06. The smallest absolute Gasteiger partial charge is 0.244 e. The maximum absolute atomic E-state index is 6.10. The maximum atomic E-state index is 6.10. The molecule has 1 saturated heterocycles. The van der Waals surface area contributed by atoms with Gasteiger partial charge in [-0.15, -0.1) is 5.10 Å². The number of aromatic nitrogens is 3. The van der Waals surface area contributed by atoms with Crippen LogP contribution >= 0.6 is 11.6 Å². The Morgan fingerprint density at radius 3 is 2.67 bits per heavy atom. The average Bonchev–Trinajstić information content (AvgIpc) is 2.72. The molecule has 0 bridgehead atoms. The normalized spacial score (nSPS) is 15.2. The molecular formula is C20H22ClN5O. The first-order valence-corrected chi connectivity index (χ1v) is 9.61. The molecule has 0 saturated carbocycles. The topological polar surface area (TPSA) is 54.4 Å². The first-order valence-electron chi connectivity index (χ1n) is 9.23. The van der Waals surface area contributed by atoms with Crippen LogP contribution in [0.1, 0.15) is 6.42 Å². The van der Waals surface area contributed by atoms with E-state index < -0.39 is 0 Å². The SMILES string of the molecule is Clc1cccc(N2CCN(CCCOc3nnnc4ccccc34)CC2)c1. The zero-order valence-electron chi connectivity index (χ0n) is 15.1. The molecule has 1 aliphatic heterocycles. The van der Waals surface area contributed by atoms with E-state index in [1.807, 2.05) is 42.5 Å². The van der Waals surface area contributed by atoms with Gasteiger partial charge in [0.2, 0.25) is 5.88 Å². The van der Waals surface area contributed by atoms with E-state index in [4.69, 9.17) is 16.3 Å². The number of hydrogen-bond acceptors (Lipinski definition) is 6. The van der Waals surface area contributed by atoms with Gasteiger partial charge in [0.05, 0.1) is 12.0 Å². The van der Waals surface area contributed by atoms with E-state index in [1.165, 1.54) is 5.69 Å². The fourth-order valence-electron chi connectivity index (χ4n) is 3.37. The molecule has 0 spiro atoms. The summed E-state index contributed by atoms with van der Waals surface area (Å²) >= 11 is 6.10. The summed E-state index contributed by atoms with van der Waals surface area (Å²) in [7, 11) is 0. The van der Waals surface area contributed by atoms with E-state index in [1.54, 1.807) is 0 Å². The minimum absolute atomic E-state index is 0.561. The van der Waals surface area contributed by atoms with Crippen LogP contribution in [0.4, 0.5) is 5.69 Å². The van der Waals surface area contributed by atoms with Gasteiger partial charge in [0.15, 0.2) is 0 Å². The van der Waals surface area contributed by atoms with Gasteiger partial charge in [-0.2, -0.15) is 0 Å². The van der Waals surface area contributed by atoms with Gasteiger partial charge < -0.3 is 9.64 Å². The Morgan fingerprint density at radius 2 is 1.81 bits per heavy atom. The minimum atomic E-state index is 0.561. The van der Waals surface area contributed by atoms with Gasteiger partial charge >= 0.3 is 0 Å². The highest BCUT2D eigenvalue weighted by Crippen LogP contribution is 2.21. The van der Waals surface area contributed by atoms with Crippen molar-refractivity contribution >= 4 is 28.2 Å². The number of benzene rings is 2. The highest BCUT2D eigenvalue weighted by atomic mass is 35.5. The molecule has 1 aromatic heterocycles. The molecule has 0 radical (unpaired) electrons. The summed E-state index contributed by atoms with van der Waals surface area (Å²) in [5.41, 5.74) is 2.01. The van der Waals surface area contributed by atoms with Crippen LogP contribution in [-0.4, -0.2) is 59.6 Å². The maximum Gasteiger partial charge on any atom is 0.244 e. The fraction of sp³-hybridized carbons (Fsp3) is 0.350. The molecule has 2 aromatic carbocycles. The molecular weight excluding hydrogens is 362 g/mol. The summed E-state index contributed by atoms with van der Waals surface area (Å²) in [5, 5.41) is 13.5. The molecule has 4 rings (SSSR count). The standard InChI is InChI=1S/C20H22ClN5O/c21-16-5-3-6-17(15-16)26-12-10-25(11-13-26)9-4-14-27-20-18-7-1-2-8-19(18)22-24-23-20/h1-3,5-8,15H,4,9-14H2. The summed E-state index contributed by atoms with van der Waals surface area (Å²) in [6.07, 6.45) is 0.954. The molecule has 0 N–H and O–H groups in total. The van der Waals surface area contributed by atoms with Crippen molar-refractivity contribution in [3.63, 3.8) is 0 Å². The van der Waals surface area contributed by atoms with Crippen LogP contribution in [0.25, 0.3) is 10.9 Å². The average molecular weight is 384 g/mol. The van der Waals surface area contributed by atoms with Crippen molar-refractivity contribution in [3.8, 4) is 5.88 Å². The second kappa shape index (κ2) is 8.50. The Morgan fingerprint density at radius 1 is 0.963 bits per heavy atom. The number of hydrogen-bond donors (Lipinski definition) is 0. The van der Waals surface area contributed by atoms with Crippen LogP contribution < -0.4 is 9.64 Å². The number of ether oxygens (including phenoxy) is 1. The first-order chi connectivity index (χ1) is 13.3. The number of rotatable bonds is 6. The Hall–Kier alpha value is -2.44. The summed E-state index contributed by atoms with van der Waals surface area (Å²) in [4.78, 5) is 4.86. The Bertz CT molecular complexity index is 893. The molecule has 27 heavy (non-hydrogen) atoms. The number of nitrogens with zero attached hydrogens (tertiary/aromatic N) is 5. The van der Waals surface area contributed by atoms with Crippen molar-refractivity contribution < 1.29 is 4.74 Å². The van der Waals surface area contributed by atoms with E-state index in [9.17, 15) is 0 Å². The van der Waals surface area contributed by atoms with E-state index in [-0.39, 0.29) is 0 Å². The third-order valence-electron chi connectivity index (χ3n) is 4.83. The lowest BCUT2D eigenvalue weighted by molar-refractivity contribution is 0.222. The number of piperazine rings is 1. The van der Waals surface area contributed by atoms with Gasteiger partial charge in [0.1, 0.15) is 5.52 Å². The van der Waals surface area contributed by atoms with Crippen molar-refractivity contribution in [3.05, 3.63) is 53.6 Å². The molecule has 0 unspecified atom stereocenters. The van der Waals surface area contributed by atoms with Crippen LogP contribution in [0.3, 0.4) is 0 Å². The summed E-state index contributed by atoms with van der Waals surface area (Å²) in [5.74, 6) is 0.561. The lowest BCUT2D eigenvalue weighted by atomic mass is 10.2. The van der Waals surface area contributed by atoms with Crippen LogP contribution in [-0.2, 0) is 0 Å². The molecule has 3 aromatic rings. The predicted octanol–water partition coefficient (Wildman–Crippen LogP) is 3.27. The van der Waals surface area contributed by atoms with Crippen molar-refractivity contribution in [2.24, 2.45) is 0 Å². The van der Waals surface area contributed by atoms with Crippen molar-refractivity contribution in [2.45, 2.75) is 6.42 Å². The Balaban J connectivity index is 1.23. The molecule has 1 fully saturated rings. The van der Waals surface area contributed by atoms with E-state index in [0.29, 0.717) is 12.5 Å². The third kappa shape index (κ3) is 4.46. The van der Waals surface area contributed by atoms with E-state index >= 15 is 0 Å². The largest absolute Gasteiger partial charge is 0.476 e. The fourth-order valence-corrected chi connectivity index (χ4v) is 3.56. The van der Waals surface area contributed by atoms with Crippen molar-refractivity contribution in [1.82, 2.24) is 20.3 Å². The summed E-state index contributed by atoms with van der Waals surface area (Å²) < 4.78 is 5.85. The highest BCUT2D eigenvalue weighted by molar-refractivity contribution is 6.30. The van der Waals surface area contributed by atoms with Crippen molar-refractivity contribution in [1.29, 1.82) is 0 Å². The second-order valence-electron chi connectivity index (χ2n) is 6.62. The Kier molecular flexibility index (Phi) is 5.65. The molecule has 140 valence electrons. The molecule has 6 nitrogen and oxygen atoms in total. The lowest BCUT2D eigenvalue weighted by Crippen LogP contribution is -2.46. The van der Waals surface area contributed by atoms with Crippen LogP contribution in [0, 0.1) is 0 Å². The molecule has 7 heteroatoms. The van der Waals surface area contributed by atoms with Crippen LogP contribution in [0.5, 0.6) is 5.88 Å². The van der Waals surface area contributed by atoms with Gasteiger partial charge in [-0.3, -0.25) is 4.90 Å². The zero-order valence-corrected chi connectivity index (χ0v) is 15.8. The third-order valence-corrected chi connectivity index (χ3v) is 5.06. The van der Waals surface area contributed by atoms with Gasteiger partial charge in [0, 0.05) is 43.4 Å². The van der Waals surface area contributed by atoms with Crippen LogP contribution in [0.15, 0.2) is 48.5 Å². The summed E-state index contributed by atoms with van der Waals surface area (Å²) in [6.45, 7) is 5.76. The number of anilines is 1. The molecule has 2 heterocycles. The van der Waals surface area contributed by atoms with Gasteiger partial charge in [-0.1, -0.05) is 34.9 Å². The molecule has 0 amide bonds. The van der Waals surface area contributed by atoms with Crippen molar-refractivity contribution in [2.75, 3.05) is 44.2 Å². The first kappa shape index (κ1) is 17.9. The lowest BCUT2D eigenvalue weighted by Gasteiger charge is -2.36. The monoisotopic (exact) mass is 383 g/mol. The van der Waals surface area contributed by atoms with Gasteiger partial charge in [-0.25, -0.2) is 0 Å². The molecule has 0 aliphatic carbocycles. The molecule has 1 aliphatic rings. The quantitative estimate of drug-likeness (QED) is 0.609. The molecule has 0 atom stereocenters. The van der Waals surface area contributed by atoms with E-state index in [2.05, 4.69) is 31.3 Å². The summed E-state index contributed by atoms with van der Waals surface area (Å²) in [6, 6.07) is 15.8. The highest BCUT2D eigenvalue weighted by Gasteiger charge is 2.17. The zero-order chi connectivity index (χ0) is 18.5. The van der Waals surface area contributed by atoms with Crippen LogP contribution in [0.2, 0.25) is 5.02 Å². The predicted molar refractivity (Wildman–Crippen MR) is 108 cm³/mol. The number of halogens is 1. The van der Waals surface area contributed by atoms with E-state index in [0.717, 1.165) is 55.1 Å². The van der Waals surface area contributed by atoms with Gasteiger partial charge in [-0.05, 0) is 42.0 Å². The number of fused-ring (bicyclic) bond motifs is 1. The minimum Gasteiger partial charge on any atom is -0.476 e. The van der Waals surface area contributed by atoms with Gasteiger partial charge in [0.25, 0.3) is 0 Å².